The lowest BCUT2D eigenvalue weighted by Crippen LogP contribution is -2.32. The third-order valence-corrected chi connectivity index (χ3v) is 7.26. The molecule has 0 aliphatic carbocycles. The number of carbonyl (C=O) groups excluding carboxylic acids is 2. The highest BCUT2D eigenvalue weighted by molar-refractivity contribution is 7.18. The van der Waals surface area contributed by atoms with Gasteiger partial charge in [0, 0.05) is 41.0 Å². The Morgan fingerprint density at radius 3 is 2.69 bits per heavy atom. The number of nitrogens with zero attached hydrogens (tertiary/aromatic N) is 3. The average molecular weight is 465 g/mol. The minimum atomic E-state index is -0.264. The highest BCUT2D eigenvalue weighted by atomic mass is 32.1. The summed E-state index contributed by atoms with van der Waals surface area (Å²) in [5.74, 6) is -0.116. The van der Waals surface area contributed by atoms with E-state index in [-0.39, 0.29) is 23.9 Å². The van der Waals surface area contributed by atoms with Crippen molar-refractivity contribution in [2.45, 2.75) is 25.9 Å². The summed E-state index contributed by atoms with van der Waals surface area (Å²) in [4.78, 5) is 45.2. The molecule has 0 spiro atoms. The summed E-state index contributed by atoms with van der Waals surface area (Å²) >= 11 is 3.00. The third kappa shape index (κ3) is 3.96. The minimum absolute atomic E-state index is 0.0954. The number of fused-ring (bicyclic) bond motifs is 1. The van der Waals surface area contributed by atoms with E-state index in [2.05, 4.69) is 10.3 Å². The predicted octanol–water partition coefficient (Wildman–Crippen LogP) is 3.63. The highest BCUT2D eigenvalue weighted by Gasteiger charge is 2.21. The van der Waals surface area contributed by atoms with Crippen LogP contribution in [0.2, 0.25) is 0 Å². The lowest BCUT2D eigenvalue weighted by atomic mass is 10.2. The molecule has 1 aromatic carbocycles. The number of amides is 2. The molecule has 162 valence electrons. The molecule has 0 saturated carbocycles. The summed E-state index contributed by atoms with van der Waals surface area (Å²) < 4.78 is 1.35. The molecule has 4 heterocycles. The molecule has 1 saturated heterocycles. The summed E-state index contributed by atoms with van der Waals surface area (Å²) in [5.41, 5.74) is 2.46. The van der Waals surface area contributed by atoms with E-state index in [9.17, 15) is 14.4 Å². The van der Waals surface area contributed by atoms with E-state index in [0.717, 1.165) is 34.7 Å². The minimum Gasteiger partial charge on any atom is -0.350 e. The summed E-state index contributed by atoms with van der Waals surface area (Å²) in [5, 5.41) is 7.32. The second-order valence-electron chi connectivity index (χ2n) is 7.58. The maximum atomic E-state index is 13.0. The second kappa shape index (κ2) is 8.68. The molecule has 5 rings (SSSR count). The van der Waals surface area contributed by atoms with E-state index in [0.29, 0.717) is 23.2 Å². The molecule has 0 bridgehead atoms. The van der Waals surface area contributed by atoms with Crippen LogP contribution in [-0.2, 0) is 22.7 Å². The maximum absolute atomic E-state index is 13.0. The molecule has 0 atom stereocenters. The first kappa shape index (κ1) is 20.6. The Kier molecular flexibility index (Phi) is 5.59. The van der Waals surface area contributed by atoms with Crippen LogP contribution in [-0.4, -0.2) is 27.9 Å². The van der Waals surface area contributed by atoms with E-state index in [1.807, 2.05) is 47.2 Å². The SMILES string of the molecule is O=C(Cn1cnc2scc(-c3cccs3)c2c1=O)NCc1ccc(N2CCCC2=O)cc1. The summed E-state index contributed by atoms with van der Waals surface area (Å²) in [7, 11) is 0. The van der Waals surface area contributed by atoms with Crippen LogP contribution in [0.5, 0.6) is 0 Å². The number of hydrogen-bond acceptors (Lipinski definition) is 6. The molecule has 1 aliphatic heterocycles. The van der Waals surface area contributed by atoms with Crippen molar-refractivity contribution in [1.29, 1.82) is 0 Å². The van der Waals surface area contributed by atoms with Crippen molar-refractivity contribution in [3.63, 3.8) is 0 Å². The van der Waals surface area contributed by atoms with Crippen molar-refractivity contribution >= 4 is 50.4 Å². The van der Waals surface area contributed by atoms with Crippen molar-refractivity contribution < 1.29 is 9.59 Å². The van der Waals surface area contributed by atoms with Gasteiger partial charge in [0.2, 0.25) is 11.8 Å². The van der Waals surface area contributed by atoms with E-state index in [4.69, 9.17) is 0 Å². The van der Waals surface area contributed by atoms with E-state index in [1.165, 1.54) is 22.2 Å². The molecule has 3 aromatic heterocycles. The number of thiophene rings is 2. The van der Waals surface area contributed by atoms with Crippen LogP contribution < -0.4 is 15.8 Å². The molecular weight excluding hydrogens is 444 g/mol. The fourth-order valence-corrected chi connectivity index (χ4v) is 5.54. The first-order valence-corrected chi connectivity index (χ1v) is 12.0. The van der Waals surface area contributed by atoms with Gasteiger partial charge in [-0.05, 0) is 35.6 Å². The number of rotatable bonds is 6. The molecule has 1 aliphatic rings. The van der Waals surface area contributed by atoms with Crippen LogP contribution >= 0.6 is 22.7 Å². The van der Waals surface area contributed by atoms with Crippen LogP contribution in [0.3, 0.4) is 0 Å². The van der Waals surface area contributed by atoms with Crippen LogP contribution in [0.25, 0.3) is 20.7 Å². The Hall–Kier alpha value is -3.30. The van der Waals surface area contributed by atoms with E-state index in [1.54, 1.807) is 16.2 Å². The van der Waals surface area contributed by atoms with Gasteiger partial charge in [-0.2, -0.15) is 0 Å². The molecule has 4 aromatic rings. The largest absolute Gasteiger partial charge is 0.350 e. The van der Waals surface area contributed by atoms with Crippen molar-refractivity contribution in [2.75, 3.05) is 11.4 Å². The smallest absolute Gasteiger partial charge is 0.263 e. The second-order valence-corrected chi connectivity index (χ2v) is 9.38. The number of benzene rings is 1. The number of hydrogen-bond donors (Lipinski definition) is 1. The van der Waals surface area contributed by atoms with Gasteiger partial charge in [-0.15, -0.1) is 22.7 Å². The third-order valence-electron chi connectivity index (χ3n) is 5.47. The Morgan fingerprint density at radius 2 is 1.97 bits per heavy atom. The van der Waals surface area contributed by atoms with Gasteiger partial charge in [-0.1, -0.05) is 18.2 Å². The number of anilines is 1. The van der Waals surface area contributed by atoms with Crippen LogP contribution in [0.15, 0.2) is 58.3 Å². The lowest BCUT2D eigenvalue weighted by molar-refractivity contribution is -0.122. The first-order valence-electron chi connectivity index (χ1n) is 10.3. The predicted molar refractivity (Wildman–Crippen MR) is 127 cm³/mol. The maximum Gasteiger partial charge on any atom is 0.263 e. The van der Waals surface area contributed by atoms with Gasteiger partial charge in [-0.25, -0.2) is 4.98 Å². The van der Waals surface area contributed by atoms with Gasteiger partial charge in [0.05, 0.1) is 11.7 Å². The first-order chi connectivity index (χ1) is 15.6. The molecule has 32 heavy (non-hydrogen) atoms. The van der Waals surface area contributed by atoms with Gasteiger partial charge in [-0.3, -0.25) is 19.0 Å². The number of nitrogens with one attached hydrogen (secondary N) is 1. The topological polar surface area (TPSA) is 84.3 Å². The lowest BCUT2D eigenvalue weighted by Gasteiger charge is -2.16. The van der Waals surface area contributed by atoms with E-state index < -0.39 is 0 Å². The van der Waals surface area contributed by atoms with Gasteiger partial charge in [0.25, 0.3) is 5.56 Å². The van der Waals surface area contributed by atoms with Crippen molar-refractivity contribution in [2.24, 2.45) is 0 Å². The van der Waals surface area contributed by atoms with Gasteiger partial charge >= 0.3 is 0 Å². The fourth-order valence-electron chi connectivity index (χ4n) is 3.82. The standard InChI is InChI=1S/C23H20N4O3S2/c28-19(24-11-15-5-7-16(8-6-15)27-9-1-4-20(27)29)12-26-14-25-22-21(23(26)30)17(13-32-22)18-3-2-10-31-18/h2-3,5-8,10,13-14H,1,4,9,11-12H2,(H,24,28). The quantitative estimate of drug-likeness (QED) is 0.472. The fraction of sp³-hybridized carbons (Fsp3) is 0.217. The van der Waals surface area contributed by atoms with Crippen molar-refractivity contribution in [3.05, 3.63) is 69.4 Å². The van der Waals surface area contributed by atoms with Gasteiger partial charge in [0.15, 0.2) is 0 Å². The summed E-state index contributed by atoms with van der Waals surface area (Å²) in [6, 6.07) is 11.5. The molecule has 0 radical (unpaired) electrons. The van der Waals surface area contributed by atoms with E-state index >= 15 is 0 Å². The molecular formula is C23H20N4O3S2. The zero-order valence-electron chi connectivity index (χ0n) is 17.1. The van der Waals surface area contributed by atoms with Crippen LogP contribution in [0.4, 0.5) is 5.69 Å². The number of carbonyl (C=O) groups is 2. The molecule has 1 fully saturated rings. The Labute approximate surface area is 192 Å². The Morgan fingerprint density at radius 1 is 1.12 bits per heavy atom. The Bertz CT molecular complexity index is 1340. The van der Waals surface area contributed by atoms with Gasteiger partial charge < -0.3 is 10.2 Å². The number of aromatic nitrogens is 2. The molecule has 2 amide bonds. The average Bonchev–Trinajstić information content (AvgIpc) is 3.55. The van der Waals surface area contributed by atoms with Gasteiger partial charge in [0.1, 0.15) is 11.4 Å². The molecule has 1 N–H and O–H groups in total. The zero-order chi connectivity index (χ0) is 22.1. The van der Waals surface area contributed by atoms with Crippen molar-refractivity contribution in [1.82, 2.24) is 14.9 Å². The Balaban J connectivity index is 1.26. The van der Waals surface area contributed by atoms with Crippen LogP contribution in [0, 0.1) is 0 Å². The summed E-state index contributed by atoms with van der Waals surface area (Å²) in [6.45, 7) is 0.999. The zero-order valence-corrected chi connectivity index (χ0v) is 18.7. The molecule has 9 heteroatoms. The highest BCUT2D eigenvalue weighted by Crippen LogP contribution is 2.33. The van der Waals surface area contributed by atoms with Crippen LogP contribution in [0.1, 0.15) is 18.4 Å². The normalized spacial score (nSPS) is 13.8. The van der Waals surface area contributed by atoms with Crippen molar-refractivity contribution in [3.8, 4) is 10.4 Å². The molecule has 0 unspecified atom stereocenters. The monoisotopic (exact) mass is 464 g/mol. The summed E-state index contributed by atoms with van der Waals surface area (Å²) in [6.07, 6.45) is 2.91. The molecule has 7 nitrogen and oxygen atoms in total.